The fourth-order valence-electron chi connectivity index (χ4n) is 1.58. The van der Waals surface area contributed by atoms with Crippen LogP contribution in [0.25, 0.3) is 0 Å². The molecule has 0 saturated heterocycles. The average Bonchev–Trinajstić information content (AvgIpc) is 2.39. The van der Waals surface area contributed by atoms with Crippen LogP contribution in [0.1, 0.15) is 40.0 Å². The maximum atomic E-state index is 11.5. The minimum Gasteiger partial charge on any atom is -0.468 e. The number of carbonyl (C=O) groups excluding carboxylic acids is 1. The molecule has 0 aliphatic carbocycles. The third kappa shape index (κ3) is 10.9. The van der Waals surface area contributed by atoms with E-state index in [1.165, 1.54) is 7.11 Å². The van der Waals surface area contributed by atoms with E-state index < -0.39 is 0 Å². The van der Waals surface area contributed by atoms with Gasteiger partial charge in [0.2, 0.25) is 0 Å². The van der Waals surface area contributed by atoms with E-state index in [0.717, 1.165) is 19.4 Å². The van der Waals surface area contributed by atoms with Crippen molar-refractivity contribution in [3.05, 3.63) is 0 Å². The van der Waals surface area contributed by atoms with Gasteiger partial charge >= 0.3 is 5.97 Å². The number of hydrogen-bond donors (Lipinski definition) is 1. The van der Waals surface area contributed by atoms with Gasteiger partial charge in [-0.2, -0.15) is 0 Å². The van der Waals surface area contributed by atoms with E-state index in [0.29, 0.717) is 26.2 Å². The van der Waals surface area contributed by atoms with Gasteiger partial charge in [-0.15, -0.1) is 0 Å². The molecule has 0 saturated carbocycles. The van der Waals surface area contributed by atoms with Crippen molar-refractivity contribution in [3.8, 4) is 0 Å². The van der Waals surface area contributed by atoms with Crippen molar-refractivity contribution < 1.29 is 19.0 Å². The maximum absolute atomic E-state index is 11.5. The van der Waals surface area contributed by atoms with Crippen LogP contribution in [-0.4, -0.2) is 51.6 Å². The number of ether oxygens (including phenoxy) is 3. The lowest BCUT2D eigenvalue weighted by atomic mass is 10.2. The first-order valence-electron chi connectivity index (χ1n) is 7.11. The third-order valence-electron chi connectivity index (χ3n) is 2.59. The van der Waals surface area contributed by atoms with E-state index in [9.17, 15) is 4.79 Å². The lowest BCUT2D eigenvalue weighted by molar-refractivity contribution is -0.143. The zero-order valence-corrected chi connectivity index (χ0v) is 12.7. The highest BCUT2D eigenvalue weighted by molar-refractivity contribution is 5.75. The predicted octanol–water partition coefficient (Wildman–Crippen LogP) is 1.75. The van der Waals surface area contributed by atoms with Crippen LogP contribution < -0.4 is 5.32 Å². The molecular weight excluding hydrogens is 246 g/mol. The first-order valence-corrected chi connectivity index (χ1v) is 7.11. The topological polar surface area (TPSA) is 56.8 Å². The van der Waals surface area contributed by atoms with Crippen LogP contribution in [0.5, 0.6) is 0 Å². The lowest BCUT2D eigenvalue weighted by Crippen LogP contribution is -2.42. The molecular formula is C14H29NO4. The Morgan fingerprint density at radius 3 is 2.26 bits per heavy atom. The Bertz CT molecular complexity index is 221. The summed E-state index contributed by atoms with van der Waals surface area (Å²) in [7, 11) is 1.40. The number of esters is 1. The molecule has 0 aliphatic rings. The second-order valence-corrected chi connectivity index (χ2v) is 4.76. The van der Waals surface area contributed by atoms with Crippen molar-refractivity contribution in [2.45, 2.75) is 52.1 Å². The summed E-state index contributed by atoms with van der Waals surface area (Å²) >= 11 is 0. The van der Waals surface area contributed by atoms with Crippen LogP contribution in [0.4, 0.5) is 0 Å². The highest BCUT2D eigenvalue weighted by Gasteiger charge is 2.19. The van der Waals surface area contributed by atoms with Gasteiger partial charge in [-0.3, -0.25) is 4.79 Å². The molecule has 0 rings (SSSR count). The molecule has 0 fully saturated rings. The SMILES string of the molecule is CCCCOCCOCCC(NC(C)C)C(=O)OC. The largest absolute Gasteiger partial charge is 0.468 e. The third-order valence-corrected chi connectivity index (χ3v) is 2.59. The van der Waals surface area contributed by atoms with Crippen molar-refractivity contribution in [1.29, 1.82) is 0 Å². The van der Waals surface area contributed by atoms with E-state index in [4.69, 9.17) is 14.2 Å². The van der Waals surface area contributed by atoms with Crippen molar-refractivity contribution >= 4 is 5.97 Å². The molecule has 0 bridgehead atoms. The fourth-order valence-corrected chi connectivity index (χ4v) is 1.58. The monoisotopic (exact) mass is 275 g/mol. The van der Waals surface area contributed by atoms with Crippen LogP contribution in [0.2, 0.25) is 0 Å². The molecule has 1 N–H and O–H groups in total. The smallest absolute Gasteiger partial charge is 0.322 e. The van der Waals surface area contributed by atoms with Crippen LogP contribution in [0.3, 0.4) is 0 Å². The number of unbranched alkanes of at least 4 members (excludes halogenated alkanes) is 1. The summed E-state index contributed by atoms with van der Waals surface area (Å²) in [5, 5.41) is 3.16. The van der Waals surface area contributed by atoms with E-state index in [1.54, 1.807) is 0 Å². The van der Waals surface area contributed by atoms with Gasteiger partial charge in [0.1, 0.15) is 6.04 Å². The van der Waals surface area contributed by atoms with Crippen molar-refractivity contribution in [1.82, 2.24) is 5.32 Å². The molecule has 0 aromatic carbocycles. The Morgan fingerprint density at radius 2 is 1.74 bits per heavy atom. The molecule has 1 unspecified atom stereocenters. The summed E-state index contributed by atoms with van der Waals surface area (Å²) in [5.74, 6) is -0.239. The molecule has 5 heteroatoms. The minimum atomic E-state index is -0.300. The van der Waals surface area contributed by atoms with E-state index in [2.05, 4.69) is 12.2 Å². The first kappa shape index (κ1) is 18.4. The molecule has 0 heterocycles. The molecule has 1 atom stereocenters. The predicted molar refractivity (Wildman–Crippen MR) is 75.2 cm³/mol. The van der Waals surface area contributed by atoms with Crippen molar-refractivity contribution in [2.24, 2.45) is 0 Å². The average molecular weight is 275 g/mol. The van der Waals surface area contributed by atoms with Crippen LogP contribution in [-0.2, 0) is 19.0 Å². The van der Waals surface area contributed by atoms with Gasteiger partial charge in [-0.25, -0.2) is 0 Å². The van der Waals surface area contributed by atoms with Gasteiger partial charge in [0.25, 0.3) is 0 Å². The van der Waals surface area contributed by atoms with Gasteiger partial charge in [-0.05, 0) is 12.8 Å². The number of rotatable bonds is 12. The Balaban J connectivity index is 3.61. The van der Waals surface area contributed by atoms with Gasteiger partial charge in [0, 0.05) is 19.3 Å². The second-order valence-electron chi connectivity index (χ2n) is 4.76. The number of hydrogen-bond acceptors (Lipinski definition) is 5. The molecule has 114 valence electrons. The van der Waals surface area contributed by atoms with Crippen LogP contribution >= 0.6 is 0 Å². The second kappa shape index (κ2) is 12.4. The Hall–Kier alpha value is -0.650. The molecule has 19 heavy (non-hydrogen) atoms. The normalized spacial score (nSPS) is 12.7. The first-order chi connectivity index (χ1) is 9.11. The Labute approximate surface area is 117 Å². The number of methoxy groups -OCH3 is 1. The quantitative estimate of drug-likeness (QED) is 0.434. The summed E-state index contributed by atoms with van der Waals surface area (Å²) in [6, 6.07) is -0.0625. The summed E-state index contributed by atoms with van der Waals surface area (Å²) in [6.07, 6.45) is 2.84. The van der Waals surface area contributed by atoms with E-state index >= 15 is 0 Å². The highest BCUT2D eigenvalue weighted by Crippen LogP contribution is 1.98. The molecule has 0 radical (unpaired) electrons. The van der Waals surface area contributed by atoms with Gasteiger partial charge in [-0.1, -0.05) is 27.2 Å². The zero-order chi connectivity index (χ0) is 14.5. The standard InChI is InChI=1S/C14H29NO4/c1-5-6-8-18-10-11-19-9-7-13(14(16)17-4)15-12(2)3/h12-13,15H,5-11H2,1-4H3. The van der Waals surface area contributed by atoms with E-state index in [1.807, 2.05) is 13.8 Å². The van der Waals surface area contributed by atoms with Crippen molar-refractivity contribution in [2.75, 3.05) is 33.5 Å². The van der Waals surface area contributed by atoms with Crippen molar-refractivity contribution in [3.63, 3.8) is 0 Å². The Kier molecular flexibility index (Phi) is 12.0. The molecule has 0 amide bonds. The van der Waals surface area contributed by atoms with Gasteiger partial charge < -0.3 is 19.5 Å². The molecule has 0 aliphatic heterocycles. The summed E-state index contributed by atoms with van der Waals surface area (Å²) in [5.41, 5.74) is 0. The summed E-state index contributed by atoms with van der Waals surface area (Å²) < 4.78 is 15.6. The fraction of sp³-hybridized carbons (Fsp3) is 0.929. The minimum absolute atomic E-state index is 0.237. The van der Waals surface area contributed by atoms with Gasteiger partial charge in [0.05, 0.1) is 20.3 Å². The zero-order valence-electron chi connectivity index (χ0n) is 12.7. The number of carbonyl (C=O) groups is 1. The summed E-state index contributed by atoms with van der Waals surface area (Å²) in [4.78, 5) is 11.5. The molecule has 0 aromatic heterocycles. The van der Waals surface area contributed by atoms with Gasteiger partial charge in [0.15, 0.2) is 0 Å². The van der Waals surface area contributed by atoms with Crippen LogP contribution in [0.15, 0.2) is 0 Å². The molecule has 0 aromatic rings. The number of nitrogens with one attached hydrogen (secondary N) is 1. The summed E-state index contributed by atoms with van der Waals surface area (Å²) in [6.45, 7) is 8.63. The van der Waals surface area contributed by atoms with E-state index in [-0.39, 0.29) is 18.1 Å². The molecule has 0 spiro atoms. The highest BCUT2D eigenvalue weighted by atomic mass is 16.5. The maximum Gasteiger partial charge on any atom is 0.322 e. The lowest BCUT2D eigenvalue weighted by Gasteiger charge is -2.18. The molecule has 5 nitrogen and oxygen atoms in total. The Morgan fingerprint density at radius 1 is 1.11 bits per heavy atom. The van der Waals surface area contributed by atoms with Crippen LogP contribution in [0, 0.1) is 0 Å².